The van der Waals surface area contributed by atoms with E-state index in [1.54, 1.807) is 23.9 Å². The lowest BCUT2D eigenvalue weighted by Crippen LogP contribution is -2.44. The van der Waals surface area contributed by atoms with Crippen LogP contribution in [0.5, 0.6) is 0 Å². The second-order valence-corrected chi connectivity index (χ2v) is 5.30. The summed E-state index contributed by atoms with van der Waals surface area (Å²) in [6, 6.07) is 1.81. The van der Waals surface area contributed by atoms with Crippen molar-refractivity contribution in [3.63, 3.8) is 0 Å². The molecule has 0 radical (unpaired) electrons. The minimum Gasteiger partial charge on any atom is -0.394 e. The molecule has 1 fully saturated rings. The number of aliphatic hydroxyl groups is 3. The topological polar surface area (TPSA) is 101 Å². The largest absolute Gasteiger partial charge is 0.394 e. The molecule has 1 saturated heterocycles. The van der Waals surface area contributed by atoms with Crippen LogP contribution in [-0.2, 0) is 4.74 Å². The Kier molecular flexibility index (Phi) is 3.02. The summed E-state index contributed by atoms with van der Waals surface area (Å²) in [7, 11) is 0. The molecule has 0 bridgehead atoms. The highest BCUT2D eigenvalue weighted by atomic mass is 16.6. The summed E-state index contributed by atoms with van der Waals surface area (Å²) in [4.78, 5) is 8.45. The lowest BCUT2D eigenvalue weighted by molar-refractivity contribution is -0.0948. The zero-order valence-electron chi connectivity index (χ0n) is 11.3. The SMILES string of the molecule is Cc1ncc2ccn([C@@H]3O[C@H](CO)[C@@H](O)[C@@]3(C)O)c2n1. The average molecular weight is 279 g/mol. The number of rotatable bonds is 2. The predicted octanol–water partition coefficient (Wildman–Crippen LogP) is -0.259. The van der Waals surface area contributed by atoms with Crippen LogP contribution in [-0.4, -0.2) is 54.3 Å². The molecular formula is C13H17N3O4. The minimum absolute atomic E-state index is 0.360. The van der Waals surface area contributed by atoms with Gasteiger partial charge in [-0.2, -0.15) is 0 Å². The van der Waals surface area contributed by atoms with E-state index in [2.05, 4.69) is 9.97 Å². The summed E-state index contributed by atoms with van der Waals surface area (Å²) in [5.41, 5.74) is -0.897. The molecule has 2 aromatic heterocycles. The minimum atomic E-state index is -1.52. The van der Waals surface area contributed by atoms with Gasteiger partial charge in [0.25, 0.3) is 0 Å². The van der Waals surface area contributed by atoms with Gasteiger partial charge in [0.1, 0.15) is 29.3 Å². The van der Waals surface area contributed by atoms with Crippen molar-refractivity contribution in [2.45, 2.75) is 37.9 Å². The Morgan fingerprint density at radius 1 is 1.50 bits per heavy atom. The van der Waals surface area contributed by atoms with Gasteiger partial charge in [-0.15, -0.1) is 0 Å². The van der Waals surface area contributed by atoms with E-state index < -0.39 is 24.0 Å². The fraction of sp³-hybridized carbons (Fsp3) is 0.538. The second kappa shape index (κ2) is 4.49. The molecule has 0 amide bonds. The van der Waals surface area contributed by atoms with E-state index in [1.165, 1.54) is 6.92 Å². The van der Waals surface area contributed by atoms with Crippen molar-refractivity contribution >= 4 is 11.0 Å². The number of hydrogen-bond donors (Lipinski definition) is 3. The number of aromatic nitrogens is 3. The van der Waals surface area contributed by atoms with Crippen LogP contribution < -0.4 is 0 Å². The van der Waals surface area contributed by atoms with Gasteiger partial charge < -0.3 is 24.6 Å². The van der Waals surface area contributed by atoms with Crippen LogP contribution in [0.15, 0.2) is 18.5 Å². The molecule has 1 aliphatic heterocycles. The van der Waals surface area contributed by atoms with Crippen LogP contribution in [0, 0.1) is 6.92 Å². The van der Waals surface area contributed by atoms with Crippen LogP contribution in [0.2, 0.25) is 0 Å². The summed E-state index contributed by atoms with van der Waals surface area (Å²) in [6.45, 7) is 2.90. The van der Waals surface area contributed by atoms with Crippen molar-refractivity contribution in [1.82, 2.24) is 14.5 Å². The second-order valence-electron chi connectivity index (χ2n) is 5.30. The van der Waals surface area contributed by atoms with Gasteiger partial charge >= 0.3 is 0 Å². The summed E-state index contributed by atoms with van der Waals surface area (Å²) >= 11 is 0. The van der Waals surface area contributed by atoms with Crippen molar-refractivity contribution < 1.29 is 20.1 Å². The van der Waals surface area contributed by atoms with Crippen molar-refractivity contribution in [3.8, 4) is 0 Å². The van der Waals surface area contributed by atoms with Gasteiger partial charge in [0.2, 0.25) is 0 Å². The fourth-order valence-electron chi connectivity index (χ4n) is 2.60. The highest BCUT2D eigenvalue weighted by Crippen LogP contribution is 2.39. The first-order valence-corrected chi connectivity index (χ1v) is 6.42. The van der Waals surface area contributed by atoms with Crippen molar-refractivity contribution in [2.75, 3.05) is 6.61 Å². The van der Waals surface area contributed by atoms with E-state index in [9.17, 15) is 15.3 Å². The number of aryl methyl sites for hydroxylation is 1. The number of fused-ring (bicyclic) bond motifs is 1. The molecule has 20 heavy (non-hydrogen) atoms. The maximum absolute atomic E-state index is 10.5. The molecule has 7 heteroatoms. The molecule has 0 aliphatic carbocycles. The third kappa shape index (κ3) is 1.82. The van der Waals surface area contributed by atoms with Gasteiger partial charge in [0, 0.05) is 17.8 Å². The van der Waals surface area contributed by atoms with Crippen LogP contribution in [0.3, 0.4) is 0 Å². The van der Waals surface area contributed by atoms with Gasteiger partial charge in [0.15, 0.2) is 6.23 Å². The molecule has 3 heterocycles. The Morgan fingerprint density at radius 3 is 2.90 bits per heavy atom. The average Bonchev–Trinajstić information content (AvgIpc) is 2.90. The monoisotopic (exact) mass is 279 g/mol. The Labute approximate surface area is 115 Å². The molecule has 0 unspecified atom stereocenters. The zero-order valence-corrected chi connectivity index (χ0v) is 11.3. The van der Waals surface area contributed by atoms with Gasteiger partial charge in [-0.3, -0.25) is 0 Å². The fourth-order valence-corrected chi connectivity index (χ4v) is 2.60. The lowest BCUT2D eigenvalue weighted by Gasteiger charge is -2.27. The van der Waals surface area contributed by atoms with Crippen LogP contribution in [0.1, 0.15) is 19.0 Å². The maximum Gasteiger partial charge on any atom is 0.167 e. The molecule has 7 nitrogen and oxygen atoms in total. The third-order valence-electron chi connectivity index (χ3n) is 3.76. The van der Waals surface area contributed by atoms with E-state index in [-0.39, 0.29) is 6.61 Å². The quantitative estimate of drug-likeness (QED) is 0.700. The molecule has 3 N–H and O–H groups in total. The number of hydrogen-bond acceptors (Lipinski definition) is 6. The highest BCUT2D eigenvalue weighted by molar-refractivity contribution is 5.75. The Bertz CT molecular complexity index is 640. The van der Waals surface area contributed by atoms with Crippen LogP contribution in [0.25, 0.3) is 11.0 Å². The summed E-state index contributed by atoms with van der Waals surface area (Å²) in [5, 5.41) is 30.5. The molecule has 0 spiro atoms. The Balaban J connectivity index is 2.09. The van der Waals surface area contributed by atoms with Crippen LogP contribution >= 0.6 is 0 Å². The molecule has 4 atom stereocenters. The standard InChI is InChI=1S/C13H17N3O4/c1-7-14-5-8-3-4-16(11(8)15-7)12-13(2,19)10(18)9(6-17)20-12/h3-5,9-10,12,17-19H,6H2,1-2H3/t9-,10-,12-,13-/m1/s1. The van der Waals surface area contributed by atoms with E-state index in [0.717, 1.165) is 5.39 Å². The summed E-state index contributed by atoms with van der Waals surface area (Å²) < 4.78 is 7.24. The van der Waals surface area contributed by atoms with Crippen LogP contribution in [0.4, 0.5) is 0 Å². The van der Waals surface area contributed by atoms with Gasteiger partial charge in [-0.1, -0.05) is 0 Å². The number of ether oxygens (including phenoxy) is 1. The Hall–Kier alpha value is -1.54. The zero-order chi connectivity index (χ0) is 14.5. The van der Waals surface area contributed by atoms with E-state index in [0.29, 0.717) is 11.5 Å². The number of aliphatic hydroxyl groups excluding tert-OH is 2. The third-order valence-corrected chi connectivity index (χ3v) is 3.76. The normalized spacial score (nSPS) is 34.0. The smallest absolute Gasteiger partial charge is 0.167 e. The maximum atomic E-state index is 10.5. The van der Waals surface area contributed by atoms with E-state index in [4.69, 9.17) is 4.74 Å². The first-order valence-electron chi connectivity index (χ1n) is 6.42. The molecule has 1 aliphatic rings. The molecule has 0 saturated carbocycles. The van der Waals surface area contributed by atoms with Gasteiger partial charge in [-0.05, 0) is 19.9 Å². The molecule has 2 aromatic rings. The first-order chi connectivity index (χ1) is 9.45. The summed E-state index contributed by atoms with van der Waals surface area (Å²) in [6.07, 6.45) is 0.608. The van der Waals surface area contributed by atoms with Gasteiger partial charge in [-0.25, -0.2) is 9.97 Å². The lowest BCUT2D eigenvalue weighted by atomic mass is 9.96. The van der Waals surface area contributed by atoms with Crippen molar-refractivity contribution in [3.05, 3.63) is 24.3 Å². The van der Waals surface area contributed by atoms with Crippen molar-refractivity contribution in [2.24, 2.45) is 0 Å². The molecule has 108 valence electrons. The van der Waals surface area contributed by atoms with E-state index in [1.807, 2.05) is 6.07 Å². The molecule has 0 aromatic carbocycles. The first kappa shape index (κ1) is 13.4. The van der Waals surface area contributed by atoms with Crippen molar-refractivity contribution in [1.29, 1.82) is 0 Å². The highest BCUT2D eigenvalue weighted by Gasteiger charge is 2.53. The number of nitrogens with zero attached hydrogens (tertiary/aromatic N) is 3. The van der Waals surface area contributed by atoms with E-state index >= 15 is 0 Å². The molecular weight excluding hydrogens is 262 g/mol. The van der Waals surface area contributed by atoms with Gasteiger partial charge in [0.05, 0.1) is 6.61 Å². The summed E-state index contributed by atoms with van der Waals surface area (Å²) in [5.74, 6) is 0.606. The molecule has 3 rings (SSSR count). The predicted molar refractivity (Wildman–Crippen MR) is 69.9 cm³/mol. The Morgan fingerprint density at radius 2 is 2.25 bits per heavy atom.